The lowest BCUT2D eigenvalue weighted by Crippen LogP contribution is -2.48. The molecule has 0 N–H and O–H groups in total. The second-order valence-corrected chi connectivity index (χ2v) is 8.51. The standard InChI is InChI=1S/C22H26Cl2N2O/c1-6-26-20-11-18(24)15(9-17(20)14(2)12-22(26,3)4)13-25-19-10-16(23)7-8-21(19)27-5/h7-11,13-14H,6,12H2,1-5H3. The minimum atomic E-state index is 0.119. The Balaban J connectivity index is 2.02. The maximum Gasteiger partial charge on any atom is 0.144 e. The van der Waals surface area contributed by atoms with E-state index in [4.69, 9.17) is 27.9 Å². The van der Waals surface area contributed by atoms with Gasteiger partial charge in [-0.05, 0) is 69.0 Å². The van der Waals surface area contributed by atoms with Crippen molar-refractivity contribution in [1.29, 1.82) is 0 Å². The molecule has 1 atom stereocenters. The van der Waals surface area contributed by atoms with E-state index in [9.17, 15) is 0 Å². The van der Waals surface area contributed by atoms with E-state index in [1.54, 1.807) is 25.5 Å². The van der Waals surface area contributed by atoms with Gasteiger partial charge in [0.2, 0.25) is 0 Å². The highest BCUT2D eigenvalue weighted by Crippen LogP contribution is 2.45. The molecular weight excluding hydrogens is 379 g/mol. The van der Waals surface area contributed by atoms with E-state index in [2.05, 4.69) is 49.7 Å². The third-order valence-corrected chi connectivity index (χ3v) is 5.87. The maximum atomic E-state index is 6.62. The van der Waals surface area contributed by atoms with Gasteiger partial charge in [-0.1, -0.05) is 30.1 Å². The molecule has 0 saturated carbocycles. The van der Waals surface area contributed by atoms with Crippen molar-refractivity contribution in [2.75, 3.05) is 18.6 Å². The molecule has 0 spiro atoms. The molecule has 3 rings (SSSR count). The number of hydrogen-bond acceptors (Lipinski definition) is 3. The molecule has 0 bridgehead atoms. The minimum Gasteiger partial charge on any atom is -0.494 e. The maximum absolute atomic E-state index is 6.62. The summed E-state index contributed by atoms with van der Waals surface area (Å²) < 4.78 is 5.37. The predicted octanol–water partition coefficient (Wildman–Crippen LogP) is 6.86. The highest BCUT2D eigenvalue weighted by atomic mass is 35.5. The van der Waals surface area contributed by atoms with Crippen molar-refractivity contribution in [3.63, 3.8) is 0 Å². The summed E-state index contributed by atoms with van der Waals surface area (Å²) in [5, 5.41) is 1.32. The summed E-state index contributed by atoms with van der Waals surface area (Å²) in [6, 6.07) is 9.63. The van der Waals surface area contributed by atoms with Gasteiger partial charge in [0.15, 0.2) is 0 Å². The lowest BCUT2D eigenvalue weighted by molar-refractivity contribution is 0.381. The van der Waals surface area contributed by atoms with E-state index in [1.165, 1.54) is 11.3 Å². The lowest BCUT2D eigenvalue weighted by Gasteiger charge is -2.47. The number of benzene rings is 2. The van der Waals surface area contributed by atoms with Crippen molar-refractivity contribution in [2.24, 2.45) is 4.99 Å². The quantitative estimate of drug-likeness (QED) is 0.519. The van der Waals surface area contributed by atoms with E-state index in [0.29, 0.717) is 27.4 Å². The van der Waals surface area contributed by atoms with Crippen LogP contribution in [-0.2, 0) is 0 Å². The number of rotatable bonds is 4. The van der Waals surface area contributed by atoms with Crippen molar-refractivity contribution < 1.29 is 4.74 Å². The monoisotopic (exact) mass is 404 g/mol. The summed E-state index contributed by atoms with van der Waals surface area (Å²) in [5.41, 5.74) is 4.25. The first kappa shape index (κ1) is 20.0. The van der Waals surface area contributed by atoms with Gasteiger partial charge in [0, 0.05) is 34.6 Å². The van der Waals surface area contributed by atoms with Crippen LogP contribution in [0.4, 0.5) is 11.4 Å². The Morgan fingerprint density at radius 2 is 2.00 bits per heavy atom. The molecule has 1 aliphatic heterocycles. The van der Waals surface area contributed by atoms with Crippen molar-refractivity contribution in [3.05, 3.63) is 51.5 Å². The van der Waals surface area contributed by atoms with Gasteiger partial charge in [-0.3, -0.25) is 4.99 Å². The van der Waals surface area contributed by atoms with Crippen molar-refractivity contribution >= 4 is 40.8 Å². The fraction of sp³-hybridized carbons (Fsp3) is 0.409. The van der Waals surface area contributed by atoms with Crippen molar-refractivity contribution in [2.45, 2.75) is 45.6 Å². The van der Waals surface area contributed by atoms with Crippen LogP contribution in [0.15, 0.2) is 35.3 Å². The summed E-state index contributed by atoms with van der Waals surface area (Å²) in [6.07, 6.45) is 2.90. The number of aliphatic imine (C=N–C) groups is 1. The van der Waals surface area contributed by atoms with Gasteiger partial charge in [-0.2, -0.15) is 0 Å². The third kappa shape index (κ3) is 3.95. The summed E-state index contributed by atoms with van der Waals surface area (Å²) >= 11 is 12.7. The molecular formula is C22H26Cl2N2O. The van der Waals surface area contributed by atoms with Crippen LogP contribution >= 0.6 is 23.2 Å². The Bertz CT molecular complexity index is 877. The Hall–Kier alpha value is -1.71. The number of methoxy groups -OCH3 is 1. The van der Waals surface area contributed by atoms with Crippen LogP contribution in [0.1, 0.15) is 51.2 Å². The Labute approximate surface area is 172 Å². The Kier molecular flexibility index (Phi) is 5.73. The van der Waals surface area contributed by atoms with Crippen LogP contribution in [0.2, 0.25) is 10.0 Å². The highest BCUT2D eigenvalue weighted by molar-refractivity contribution is 6.33. The van der Waals surface area contributed by atoms with Crippen molar-refractivity contribution in [3.8, 4) is 5.75 Å². The van der Waals surface area contributed by atoms with E-state index in [-0.39, 0.29) is 5.54 Å². The van der Waals surface area contributed by atoms with Crippen LogP contribution in [0, 0.1) is 0 Å². The number of anilines is 1. The molecule has 2 aromatic carbocycles. The van der Waals surface area contributed by atoms with Gasteiger partial charge in [-0.15, -0.1) is 0 Å². The van der Waals surface area contributed by atoms with Gasteiger partial charge < -0.3 is 9.64 Å². The first-order valence-electron chi connectivity index (χ1n) is 9.25. The fourth-order valence-electron chi connectivity index (χ4n) is 4.12. The van der Waals surface area contributed by atoms with Crippen LogP contribution < -0.4 is 9.64 Å². The van der Waals surface area contributed by atoms with Gasteiger partial charge in [0.05, 0.1) is 12.1 Å². The average Bonchev–Trinajstić information content (AvgIpc) is 2.60. The number of nitrogens with zero attached hydrogens (tertiary/aromatic N) is 2. The molecule has 0 radical (unpaired) electrons. The predicted molar refractivity (Wildman–Crippen MR) is 117 cm³/mol. The molecule has 0 amide bonds. The van der Waals surface area contributed by atoms with Gasteiger partial charge in [0.25, 0.3) is 0 Å². The second kappa shape index (κ2) is 7.73. The number of fused-ring (bicyclic) bond motifs is 1. The molecule has 27 heavy (non-hydrogen) atoms. The first-order valence-corrected chi connectivity index (χ1v) is 10.0. The molecule has 0 aliphatic carbocycles. The molecule has 144 valence electrons. The van der Waals surface area contributed by atoms with Crippen LogP contribution in [0.25, 0.3) is 0 Å². The van der Waals surface area contributed by atoms with Crippen molar-refractivity contribution in [1.82, 2.24) is 0 Å². The third-order valence-electron chi connectivity index (χ3n) is 5.30. The summed E-state index contributed by atoms with van der Waals surface area (Å²) in [4.78, 5) is 7.02. The number of halogens is 2. The zero-order chi connectivity index (χ0) is 19.8. The molecule has 1 unspecified atom stereocenters. The molecule has 0 saturated heterocycles. The Morgan fingerprint density at radius 3 is 2.67 bits per heavy atom. The van der Waals surface area contributed by atoms with Crippen LogP contribution in [0.3, 0.4) is 0 Å². The van der Waals surface area contributed by atoms with Crippen LogP contribution in [-0.4, -0.2) is 25.4 Å². The number of hydrogen-bond donors (Lipinski definition) is 0. The van der Waals surface area contributed by atoms with E-state index in [1.807, 2.05) is 6.07 Å². The van der Waals surface area contributed by atoms with Crippen LogP contribution in [0.5, 0.6) is 5.75 Å². The van der Waals surface area contributed by atoms with Gasteiger partial charge in [-0.25, -0.2) is 0 Å². The zero-order valence-corrected chi connectivity index (χ0v) is 18.0. The molecule has 0 aromatic heterocycles. The summed E-state index contributed by atoms with van der Waals surface area (Å²) in [5.74, 6) is 1.14. The van der Waals surface area contributed by atoms with Gasteiger partial charge >= 0.3 is 0 Å². The molecule has 1 heterocycles. The fourth-order valence-corrected chi connectivity index (χ4v) is 4.49. The average molecular weight is 405 g/mol. The molecule has 5 heteroatoms. The lowest BCUT2D eigenvalue weighted by atomic mass is 9.79. The van der Waals surface area contributed by atoms with E-state index >= 15 is 0 Å². The van der Waals surface area contributed by atoms with E-state index in [0.717, 1.165) is 18.5 Å². The Morgan fingerprint density at radius 1 is 1.26 bits per heavy atom. The molecule has 2 aromatic rings. The molecule has 0 fully saturated rings. The summed E-state index contributed by atoms with van der Waals surface area (Å²) in [6.45, 7) is 10.0. The normalized spacial score (nSPS) is 18.6. The molecule has 3 nitrogen and oxygen atoms in total. The topological polar surface area (TPSA) is 24.8 Å². The summed E-state index contributed by atoms with van der Waals surface area (Å²) in [7, 11) is 1.62. The van der Waals surface area contributed by atoms with Gasteiger partial charge in [0.1, 0.15) is 11.4 Å². The molecule has 1 aliphatic rings. The minimum absolute atomic E-state index is 0.119. The first-order chi connectivity index (χ1) is 12.8. The largest absolute Gasteiger partial charge is 0.494 e. The number of ether oxygens (including phenoxy) is 1. The SMILES string of the molecule is CCN1c2cc(Cl)c(C=Nc3cc(Cl)ccc3OC)cc2C(C)CC1(C)C. The smallest absolute Gasteiger partial charge is 0.144 e. The second-order valence-electron chi connectivity index (χ2n) is 7.67. The van der Waals surface area contributed by atoms with E-state index < -0.39 is 0 Å². The highest BCUT2D eigenvalue weighted by Gasteiger charge is 2.35. The zero-order valence-electron chi connectivity index (χ0n) is 16.5.